The minimum absolute atomic E-state index is 0.0858. The number of nitrogens with one attached hydrogen (secondary N) is 1. The van der Waals surface area contributed by atoms with E-state index in [4.69, 9.17) is 0 Å². The maximum Gasteiger partial charge on any atom is 0.354 e. The molecule has 0 saturated carbocycles. The number of hydrogen-bond acceptors (Lipinski definition) is 4. The van der Waals surface area contributed by atoms with Gasteiger partial charge in [0.2, 0.25) is 5.91 Å². The first-order valence-electron chi connectivity index (χ1n) is 9.74. The number of allylic oxidation sites excluding steroid dienone is 1. The average molecular weight is 399 g/mol. The summed E-state index contributed by atoms with van der Waals surface area (Å²) in [6, 6.07) is 4.86. The van der Waals surface area contributed by atoms with Crippen molar-refractivity contribution in [2.45, 2.75) is 45.2 Å². The summed E-state index contributed by atoms with van der Waals surface area (Å²) in [5, 5.41) is 6.93. The fraction of sp³-hybridized carbons (Fsp3) is 0.400. The predicted molar refractivity (Wildman–Crippen MR) is 104 cm³/mol. The normalized spacial score (nSPS) is 16.0. The fourth-order valence-electron chi connectivity index (χ4n) is 3.69. The van der Waals surface area contributed by atoms with Crippen LogP contribution in [0.3, 0.4) is 0 Å². The van der Waals surface area contributed by atoms with Crippen LogP contribution < -0.4 is 15.9 Å². The summed E-state index contributed by atoms with van der Waals surface area (Å²) in [6.45, 7) is 0.369. The second-order valence-corrected chi connectivity index (χ2v) is 7.25. The molecule has 1 aromatic heterocycles. The lowest BCUT2D eigenvalue weighted by molar-refractivity contribution is -0.121. The van der Waals surface area contributed by atoms with Crippen LogP contribution in [0.25, 0.3) is 0 Å². The molecule has 1 aliphatic carbocycles. The second-order valence-electron chi connectivity index (χ2n) is 7.25. The molecule has 4 rings (SSSR count). The van der Waals surface area contributed by atoms with Crippen LogP contribution in [0.1, 0.15) is 37.9 Å². The molecule has 2 aromatic rings. The monoisotopic (exact) mass is 399 g/mol. The van der Waals surface area contributed by atoms with Crippen LogP contribution in [0.5, 0.6) is 0 Å². The zero-order chi connectivity index (χ0) is 20.4. The summed E-state index contributed by atoms with van der Waals surface area (Å²) in [4.78, 5) is 38.6. The number of benzene rings is 1. The number of fused-ring (bicyclic) bond motifs is 1. The van der Waals surface area contributed by atoms with E-state index in [9.17, 15) is 18.8 Å². The van der Waals surface area contributed by atoms with Gasteiger partial charge in [-0.15, -0.1) is 0 Å². The Morgan fingerprint density at radius 1 is 1.17 bits per heavy atom. The van der Waals surface area contributed by atoms with E-state index < -0.39 is 17.5 Å². The summed E-state index contributed by atoms with van der Waals surface area (Å²) < 4.78 is 15.0. The van der Waals surface area contributed by atoms with Crippen LogP contribution in [0, 0.1) is 5.82 Å². The van der Waals surface area contributed by atoms with Gasteiger partial charge in [-0.1, -0.05) is 11.6 Å². The van der Waals surface area contributed by atoms with E-state index >= 15 is 0 Å². The molecule has 2 aliphatic rings. The number of carbonyl (C=O) groups excluding carboxylic acids is 2. The molecule has 0 bridgehead atoms. The molecular formula is C20H22FN5O3. The topological polar surface area (TPSA) is 89.2 Å². The van der Waals surface area contributed by atoms with Crippen molar-refractivity contribution in [2.24, 2.45) is 0 Å². The molecule has 0 spiro atoms. The highest BCUT2D eigenvalue weighted by atomic mass is 19.1. The van der Waals surface area contributed by atoms with Crippen molar-refractivity contribution in [1.29, 1.82) is 0 Å². The minimum Gasteiger partial charge on any atom is -0.354 e. The van der Waals surface area contributed by atoms with Gasteiger partial charge in [0.1, 0.15) is 12.4 Å². The van der Waals surface area contributed by atoms with Gasteiger partial charge < -0.3 is 5.32 Å². The highest BCUT2D eigenvalue weighted by Crippen LogP contribution is 2.22. The Morgan fingerprint density at radius 3 is 2.66 bits per heavy atom. The van der Waals surface area contributed by atoms with Crippen molar-refractivity contribution in [2.75, 3.05) is 11.4 Å². The maximum absolute atomic E-state index is 13.1. The largest absolute Gasteiger partial charge is 0.354 e. The Morgan fingerprint density at radius 2 is 1.97 bits per heavy atom. The van der Waals surface area contributed by atoms with E-state index in [2.05, 4.69) is 16.5 Å². The number of anilines is 1. The highest BCUT2D eigenvalue weighted by Gasteiger charge is 2.33. The van der Waals surface area contributed by atoms with Gasteiger partial charge in [-0.05, 0) is 56.4 Å². The Balaban J connectivity index is 1.37. The average Bonchev–Trinajstić information content (AvgIpc) is 3.20. The molecule has 2 amide bonds. The van der Waals surface area contributed by atoms with Gasteiger partial charge in [0.05, 0.1) is 6.54 Å². The molecule has 29 heavy (non-hydrogen) atoms. The number of aromatic nitrogens is 3. The summed E-state index contributed by atoms with van der Waals surface area (Å²) in [6.07, 6.45) is 7.64. The molecule has 0 fully saturated rings. The Bertz CT molecular complexity index is 1020. The molecule has 152 valence electrons. The quantitative estimate of drug-likeness (QED) is 0.754. The van der Waals surface area contributed by atoms with Crippen LogP contribution in [-0.4, -0.2) is 32.8 Å². The molecule has 1 N–H and O–H groups in total. The van der Waals surface area contributed by atoms with Crippen LogP contribution in [0.2, 0.25) is 0 Å². The van der Waals surface area contributed by atoms with E-state index in [1.807, 2.05) is 0 Å². The van der Waals surface area contributed by atoms with Gasteiger partial charge in [-0.3, -0.25) is 9.69 Å². The standard InChI is InChI=1S/C20H22FN5O3/c21-15-6-8-16(9-7-15)24-12-17-23-25(20(29)26(17)19(24)28)13-18(27)22-11-10-14-4-2-1-3-5-14/h4,6-9H,1-3,5,10-13H2,(H,22,27). The van der Waals surface area contributed by atoms with E-state index in [-0.39, 0.29) is 24.8 Å². The Hall–Kier alpha value is -3.23. The molecule has 8 nitrogen and oxygen atoms in total. The minimum atomic E-state index is -0.653. The van der Waals surface area contributed by atoms with Crippen LogP contribution in [0.4, 0.5) is 14.9 Å². The molecule has 9 heteroatoms. The van der Waals surface area contributed by atoms with Crippen molar-refractivity contribution in [3.05, 3.63) is 58.0 Å². The van der Waals surface area contributed by atoms with Gasteiger partial charge >= 0.3 is 11.7 Å². The molecule has 0 radical (unpaired) electrons. The number of nitrogens with zero attached hydrogens (tertiary/aromatic N) is 4. The maximum atomic E-state index is 13.1. The first-order valence-corrected chi connectivity index (χ1v) is 9.74. The van der Waals surface area contributed by atoms with E-state index in [0.717, 1.165) is 28.5 Å². The second kappa shape index (κ2) is 8.02. The zero-order valence-corrected chi connectivity index (χ0v) is 15.9. The van der Waals surface area contributed by atoms with Gasteiger partial charge in [0.15, 0.2) is 5.82 Å². The third-order valence-corrected chi connectivity index (χ3v) is 5.21. The number of halogens is 1. The van der Waals surface area contributed by atoms with Gasteiger partial charge in [0, 0.05) is 12.2 Å². The number of rotatable bonds is 6. The molecule has 0 atom stereocenters. The Labute approximate surface area is 166 Å². The van der Waals surface area contributed by atoms with Gasteiger partial charge in [-0.2, -0.15) is 9.67 Å². The zero-order valence-electron chi connectivity index (χ0n) is 15.9. The van der Waals surface area contributed by atoms with E-state index in [0.29, 0.717) is 12.2 Å². The third-order valence-electron chi connectivity index (χ3n) is 5.21. The molecule has 1 aromatic carbocycles. The molecule has 1 aliphatic heterocycles. The van der Waals surface area contributed by atoms with Crippen LogP contribution in [-0.2, 0) is 17.9 Å². The number of carbonyl (C=O) groups is 2. The highest BCUT2D eigenvalue weighted by molar-refractivity contribution is 5.96. The van der Waals surface area contributed by atoms with Crippen molar-refractivity contribution >= 4 is 17.6 Å². The smallest absolute Gasteiger partial charge is 0.354 e. The number of hydrogen-bond donors (Lipinski definition) is 1. The van der Waals surface area contributed by atoms with Crippen LogP contribution >= 0.6 is 0 Å². The first-order chi connectivity index (χ1) is 14.0. The number of amides is 2. The first kappa shape index (κ1) is 19.1. The fourth-order valence-corrected chi connectivity index (χ4v) is 3.69. The molecular weight excluding hydrogens is 377 g/mol. The van der Waals surface area contributed by atoms with Gasteiger partial charge in [-0.25, -0.2) is 18.7 Å². The lowest BCUT2D eigenvalue weighted by Gasteiger charge is -2.14. The SMILES string of the molecule is O=C(Cn1nc2n(c1=O)C(=O)N(c1ccc(F)cc1)C2)NCCC1=CCCCC1. The lowest BCUT2D eigenvalue weighted by Crippen LogP contribution is -2.38. The summed E-state index contributed by atoms with van der Waals surface area (Å²) in [5.74, 6) is -0.473. The summed E-state index contributed by atoms with van der Waals surface area (Å²) in [5.41, 5.74) is 1.18. The van der Waals surface area contributed by atoms with E-state index in [1.165, 1.54) is 47.6 Å². The van der Waals surface area contributed by atoms with Crippen molar-refractivity contribution in [3.8, 4) is 0 Å². The van der Waals surface area contributed by atoms with Crippen LogP contribution in [0.15, 0.2) is 40.7 Å². The lowest BCUT2D eigenvalue weighted by atomic mass is 9.97. The molecule has 0 unspecified atom stereocenters. The summed E-state index contributed by atoms with van der Waals surface area (Å²) in [7, 11) is 0. The molecule has 0 saturated heterocycles. The van der Waals surface area contributed by atoms with Crippen molar-refractivity contribution in [1.82, 2.24) is 19.7 Å². The van der Waals surface area contributed by atoms with E-state index in [1.54, 1.807) is 0 Å². The van der Waals surface area contributed by atoms with Crippen molar-refractivity contribution in [3.63, 3.8) is 0 Å². The third kappa shape index (κ3) is 3.98. The van der Waals surface area contributed by atoms with Gasteiger partial charge in [0.25, 0.3) is 0 Å². The van der Waals surface area contributed by atoms with Crippen molar-refractivity contribution < 1.29 is 14.0 Å². The Kier molecular flexibility index (Phi) is 5.28. The summed E-state index contributed by atoms with van der Waals surface area (Å²) >= 11 is 0. The predicted octanol–water partition coefficient (Wildman–Crippen LogP) is 2.18. The molecule has 2 heterocycles.